The van der Waals surface area contributed by atoms with Crippen LogP contribution in [0.5, 0.6) is 0 Å². The molecule has 1 unspecified atom stereocenters. The largest absolute Gasteiger partial charge is 0.370 e. The summed E-state index contributed by atoms with van der Waals surface area (Å²) in [6.45, 7) is 9.69. The molecule has 2 heterocycles. The van der Waals surface area contributed by atoms with Crippen molar-refractivity contribution in [1.29, 1.82) is 0 Å². The number of hydrogen-bond donors (Lipinski definition) is 1. The highest BCUT2D eigenvalue weighted by Crippen LogP contribution is 2.26. The first-order valence-corrected chi connectivity index (χ1v) is 10.5. The van der Waals surface area contributed by atoms with Crippen molar-refractivity contribution in [2.45, 2.75) is 39.7 Å². The van der Waals surface area contributed by atoms with Gasteiger partial charge in [0.05, 0.1) is 18.2 Å². The van der Waals surface area contributed by atoms with Crippen LogP contribution in [0.15, 0.2) is 29.4 Å². The third-order valence-corrected chi connectivity index (χ3v) is 6.12. The minimum Gasteiger partial charge on any atom is -0.370 e. The fourth-order valence-corrected chi connectivity index (χ4v) is 4.32. The van der Waals surface area contributed by atoms with E-state index in [1.54, 1.807) is 11.3 Å². The molecule has 5 nitrogen and oxygen atoms in total. The van der Waals surface area contributed by atoms with Crippen LogP contribution < -0.4 is 5.32 Å². The van der Waals surface area contributed by atoms with Crippen LogP contribution in [0.4, 0.5) is 0 Å². The fraction of sp³-hybridized carbons (Fsp3) is 0.524. The maximum Gasteiger partial charge on any atom is 0.193 e. The highest BCUT2D eigenvalue weighted by Gasteiger charge is 2.25. The van der Waals surface area contributed by atoms with Crippen LogP contribution >= 0.6 is 35.3 Å². The molecule has 0 amide bonds. The van der Waals surface area contributed by atoms with Gasteiger partial charge in [-0.25, -0.2) is 4.98 Å². The summed E-state index contributed by atoms with van der Waals surface area (Å²) in [5.41, 5.74) is 3.85. The summed E-state index contributed by atoms with van der Waals surface area (Å²) >= 11 is 1.80. The number of thiazole rings is 1. The number of morpholine rings is 1. The summed E-state index contributed by atoms with van der Waals surface area (Å²) < 4.78 is 6.07. The van der Waals surface area contributed by atoms with Gasteiger partial charge in [-0.2, -0.15) is 0 Å². The van der Waals surface area contributed by atoms with Crippen LogP contribution in [0.3, 0.4) is 0 Å². The summed E-state index contributed by atoms with van der Waals surface area (Å²) in [7, 11) is 1.85. The number of aromatic nitrogens is 1. The van der Waals surface area contributed by atoms with Crippen molar-refractivity contribution in [2.75, 3.05) is 33.3 Å². The molecule has 154 valence electrons. The van der Waals surface area contributed by atoms with Crippen LogP contribution in [-0.4, -0.2) is 49.1 Å². The number of benzene rings is 1. The van der Waals surface area contributed by atoms with Crippen LogP contribution in [0.2, 0.25) is 0 Å². The minimum absolute atomic E-state index is 0. The summed E-state index contributed by atoms with van der Waals surface area (Å²) in [4.78, 5) is 12.6. The first kappa shape index (κ1) is 23.1. The third-order valence-electron chi connectivity index (χ3n) is 4.92. The Morgan fingerprint density at radius 3 is 2.89 bits per heavy atom. The lowest BCUT2D eigenvalue weighted by Gasteiger charge is -2.35. The first-order chi connectivity index (χ1) is 13.1. The van der Waals surface area contributed by atoms with Crippen molar-refractivity contribution in [1.82, 2.24) is 15.2 Å². The van der Waals surface area contributed by atoms with Crippen LogP contribution in [0.1, 0.15) is 39.6 Å². The van der Waals surface area contributed by atoms with Gasteiger partial charge >= 0.3 is 0 Å². The molecule has 1 fully saturated rings. The predicted molar refractivity (Wildman–Crippen MR) is 128 cm³/mol. The highest BCUT2D eigenvalue weighted by atomic mass is 127. The zero-order valence-corrected chi connectivity index (χ0v) is 20.3. The van der Waals surface area contributed by atoms with Gasteiger partial charge < -0.3 is 15.0 Å². The van der Waals surface area contributed by atoms with Gasteiger partial charge in [-0.05, 0) is 31.4 Å². The van der Waals surface area contributed by atoms with Gasteiger partial charge in [0.25, 0.3) is 0 Å². The van der Waals surface area contributed by atoms with Crippen LogP contribution in [0.25, 0.3) is 0 Å². The van der Waals surface area contributed by atoms with Crippen molar-refractivity contribution in [3.8, 4) is 0 Å². The second-order valence-corrected chi connectivity index (χ2v) is 8.16. The van der Waals surface area contributed by atoms with Gasteiger partial charge in [0.15, 0.2) is 5.96 Å². The molecular weight excluding hydrogens is 483 g/mol. The normalized spacial score (nSPS) is 17.4. The Bertz CT molecular complexity index is 792. The quantitative estimate of drug-likeness (QED) is 0.371. The number of ether oxygens (including phenoxy) is 1. The molecule has 0 aliphatic carbocycles. The summed E-state index contributed by atoms with van der Waals surface area (Å²) in [6, 6.07) is 6.59. The number of nitrogens with one attached hydrogen (secondary N) is 1. The maximum atomic E-state index is 6.07. The van der Waals surface area contributed by atoms with E-state index < -0.39 is 0 Å². The molecule has 0 saturated carbocycles. The highest BCUT2D eigenvalue weighted by molar-refractivity contribution is 14.0. The van der Waals surface area contributed by atoms with Gasteiger partial charge in [0.2, 0.25) is 0 Å². The number of hydrogen-bond acceptors (Lipinski definition) is 4. The van der Waals surface area contributed by atoms with Crippen LogP contribution in [0, 0.1) is 13.8 Å². The molecule has 0 spiro atoms. The zero-order chi connectivity index (χ0) is 19.2. The van der Waals surface area contributed by atoms with E-state index in [9.17, 15) is 0 Å². The topological polar surface area (TPSA) is 49.8 Å². The lowest BCUT2D eigenvalue weighted by molar-refractivity contribution is -0.00830. The molecule has 1 N–H and O–H groups in total. The van der Waals surface area contributed by atoms with Gasteiger partial charge in [-0.3, -0.25) is 4.99 Å². The molecule has 1 aliphatic heterocycles. The summed E-state index contributed by atoms with van der Waals surface area (Å²) in [5, 5.41) is 4.68. The maximum absolute atomic E-state index is 6.07. The Morgan fingerprint density at radius 1 is 1.39 bits per heavy atom. The van der Waals surface area contributed by atoms with E-state index in [-0.39, 0.29) is 30.1 Å². The molecule has 1 aliphatic rings. The Labute approximate surface area is 189 Å². The molecule has 0 bridgehead atoms. The molecule has 7 heteroatoms. The van der Waals surface area contributed by atoms with Crippen molar-refractivity contribution in [3.05, 3.63) is 51.0 Å². The summed E-state index contributed by atoms with van der Waals surface area (Å²) in [5.74, 6) is 0.945. The van der Waals surface area contributed by atoms with E-state index in [0.29, 0.717) is 6.61 Å². The molecular formula is C21H31IN4OS. The van der Waals surface area contributed by atoms with E-state index >= 15 is 0 Å². The van der Waals surface area contributed by atoms with Crippen molar-refractivity contribution in [3.63, 3.8) is 0 Å². The minimum atomic E-state index is 0. The van der Waals surface area contributed by atoms with Gasteiger partial charge in [0.1, 0.15) is 6.10 Å². The number of halogens is 1. The van der Waals surface area contributed by atoms with E-state index in [1.807, 2.05) is 13.2 Å². The van der Waals surface area contributed by atoms with Crippen LogP contribution in [-0.2, 0) is 17.6 Å². The zero-order valence-electron chi connectivity index (χ0n) is 17.2. The lowest BCUT2D eigenvalue weighted by Crippen LogP contribution is -2.48. The standard InChI is InChI=1S/C21H30N4OS.HI/c1-5-17-13-24-20(27-17)8-9-23-21(22-4)25-10-11-26-19(14-25)18-7-6-15(2)12-16(18)3;/h6-7,12-13,19H,5,8-11,14H2,1-4H3,(H,22,23);1H. The Kier molecular flexibility index (Phi) is 9.17. The number of nitrogens with zero attached hydrogens (tertiary/aromatic N) is 3. The van der Waals surface area contributed by atoms with Gasteiger partial charge in [-0.15, -0.1) is 35.3 Å². The molecule has 1 aromatic carbocycles. The van der Waals surface area contributed by atoms with Gasteiger partial charge in [-0.1, -0.05) is 30.7 Å². The molecule has 3 rings (SSSR count). The number of aryl methyl sites for hydroxylation is 3. The average Bonchev–Trinajstić information content (AvgIpc) is 3.13. The van der Waals surface area contributed by atoms with Crippen molar-refractivity contribution >= 4 is 41.3 Å². The SMILES string of the molecule is CCc1cnc(CCNC(=NC)N2CCOC(c3ccc(C)cc3C)C2)s1.I. The van der Waals surface area contributed by atoms with Crippen molar-refractivity contribution < 1.29 is 4.74 Å². The number of guanidine groups is 1. The number of aliphatic imine (C=N–C) groups is 1. The second-order valence-electron chi connectivity index (χ2n) is 6.96. The molecule has 2 aromatic rings. The van der Waals surface area contributed by atoms with E-state index in [1.165, 1.54) is 26.6 Å². The lowest BCUT2D eigenvalue weighted by atomic mass is 10.00. The molecule has 1 atom stereocenters. The molecule has 1 saturated heterocycles. The number of rotatable bonds is 5. The smallest absolute Gasteiger partial charge is 0.193 e. The molecule has 0 radical (unpaired) electrons. The van der Waals surface area contributed by atoms with Crippen molar-refractivity contribution in [2.24, 2.45) is 4.99 Å². The predicted octanol–water partition coefficient (Wildman–Crippen LogP) is 4.13. The van der Waals surface area contributed by atoms with Gasteiger partial charge in [0, 0.05) is 37.6 Å². The Hall–Kier alpha value is -1.19. The van der Waals surface area contributed by atoms with E-state index in [0.717, 1.165) is 38.4 Å². The molecule has 28 heavy (non-hydrogen) atoms. The van der Waals surface area contributed by atoms with E-state index in [2.05, 4.69) is 59.2 Å². The Morgan fingerprint density at radius 2 is 2.21 bits per heavy atom. The monoisotopic (exact) mass is 514 g/mol. The van der Waals surface area contributed by atoms with E-state index in [4.69, 9.17) is 4.74 Å². The third kappa shape index (κ3) is 5.90. The summed E-state index contributed by atoms with van der Waals surface area (Å²) in [6.07, 6.45) is 4.06. The first-order valence-electron chi connectivity index (χ1n) is 9.68. The fourth-order valence-electron chi connectivity index (χ4n) is 3.46. The second kappa shape index (κ2) is 11.1. The average molecular weight is 514 g/mol. The molecule has 1 aromatic heterocycles. The Balaban J connectivity index is 0.00000280.